The molecule has 4 aliphatic heterocycles. The zero-order valence-corrected chi connectivity index (χ0v) is 49.8. The van der Waals surface area contributed by atoms with Crippen LogP contribution >= 0.6 is 34.3 Å². The van der Waals surface area contributed by atoms with E-state index in [-0.39, 0.29) is 36.1 Å². The van der Waals surface area contributed by atoms with Gasteiger partial charge in [0.15, 0.2) is 10.3 Å². The summed E-state index contributed by atoms with van der Waals surface area (Å²) in [6.45, 7) is 16.6. The summed E-state index contributed by atoms with van der Waals surface area (Å²) in [4.78, 5) is 21.9. The molecule has 4 aliphatic rings. The number of rotatable bonds is 15. The number of β-amino-alcohol motifs (C(OH)–C–C–N with tert-alkyl or cyclic N) is 1. The second-order valence-corrected chi connectivity index (χ2v) is 24.5. The summed E-state index contributed by atoms with van der Waals surface area (Å²) in [7, 11) is 3.94. The summed E-state index contributed by atoms with van der Waals surface area (Å²) in [5.74, 6) is -0.535. The van der Waals surface area contributed by atoms with Gasteiger partial charge in [-0.3, -0.25) is 4.90 Å². The molecule has 436 valence electrons. The number of thiazole rings is 2. The first-order valence-corrected chi connectivity index (χ1v) is 30.1. The van der Waals surface area contributed by atoms with Gasteiger partial charge in [-0.05, 0) is 112 Å². The van der Waals surface area contributed by atoms with Crippen LogP contribution in [0.2, 0.25) is 0 Å². The number of alkyl halides is 1. The van der Waals surface area contributed by atoms with Gasteiger partial charge in [-0.25, -0.2) is 27.8 Å². The number of nitrogens with one attached hydrogen (secondary N) is 1. The van der Waals surface area contributed by atoms with Crippen LogP contribution in [0.5, 0.6) is 0 Å². The normalized spacial score (nSPS) is 16.7. The van der Waals surface area contributed by atoms with Crippen molar-refractivity contribution in [2.75, 3.05) is 112 Å². The number of aliphatic hydroxyl groups is 4. The first-order valence-electron chi connectivity index (χ1n) is 27.9. The van der Waals surface area contributed by atoms with Crippen molar-refractivity contribution in [2.24, 2.45) is 10.8 Å². The Hall–Kier alpha value is -6.83. The minimum absolute atomic E-state index is 0.108. The Bertz CT molecular complexity index is 3690. The van der Waals surface area contributed by atoms with Gasteiger partial charge in [0.25, 0.3) is 0 Å². The van der Waals surface area contributed by atoms with Crippen LogP contribution in [0.4, 0.5) is 41.8 Å². The topological polar surface area (TPSA) is 217 Å². The molecule has 2 spiro atoms. The number of hydrogen-bond acceptors (Lipinski definition) is 18. The molecule has 5 N–H and O–H groups in total. The third-order valence-corrected chi connectivity index (χ3v) is 18.7. The van der Waals surface area contributed by atoms with E-state index in [1.165, 1.54) is 59.0 Å². The maximum atomic E-state index is 13.5. The minimum atomic E-state index is -0.744. The van der Waals surface area contributed by atoms with Crippen molar-refractivity contribution in [3.63, 3.8) is 0 Å². The second-order valence-electron chi connectivity index (χ2n) is 22.2. The summed E-state index contributed by atoms with van der Waals surface area (Å²) in [5.41, 5.74) is 13.6. The van der Waals surface area contributed by atoms with Gasteiger partial charge in [0.1, 0.15) is 44.9 Å². The lowest BCUT2D eigenvalue weighted by Gasteiger charge is -2.48. The van der Waals surface area contributed by atoms with Crippen molar-refractivity contribution < 1.29 is 29.2 Å². The van der Waals surface area contributed by atoms with Crippen LogP contribution in [0.25, 0.3) is 33.5 Å². The molecule has 0 bridgehead atoms. The number of anilines is 6. The fourth-order valence-electron chi connectivity index (χ4n) is 11.8. The Labute approximate surface area is 494 Å². The van der Waals surface area contributed by atoms with Gasteiger partial charge in [-0.2, -0.15) is 20.7 Å². The Morgan fingerprint density at radius 3 is 1.47 bits per heavy atom. The number of hydrogen-bond donors (Lipinski definition) is 5. The number of fused-ring (bicyclic) bond motifs is 2. The number of aromatic nitrogens is 6. The lowest BCUT2D eigenvalue weighted by Crippen LogP contribution is -2.59. The summed E-state index contributed by atoms with van der Waals surface area (Å²) >= 11 is 7.70. The minimum Gasteiger partial charge on any atom is -0.394 e. The molecule has 12 rings (SSSR count). The van der Waals surface area contributed by atoms with Gasteiger partial charge < -0.3 is 45.3 Å². The largest absolute Gasteiger partial charge is 0.394 e. The molecular weight excluding hydrogens is 1120 g/mol. The molecule has 18 nitrogen and oxygen atoms in total. The van der Waals surface area contributed by atoms with Crippen LogP contribution in [0, 0.1) is 59.0 Å². The summed E-state index contributed by atoms with van der Waals surface area (Å²) in [6.07, 6.45) is 2.40. The van der Waals surface area contributed by atoms with E-state index in [4.69, 9.17) is 42.0 Å². The highest BCUT2D eigenvalue weighted by atomic mass is 35.5. The molecule has 6 aromatic heterocycles. The number of aliphatic hydroxyl groups excluding tert-OH is 4. The van der Waals surface area contributed by atoms with Crippen LogP contribution in [-0.2, 0) is 12.8 Å². The van der Waals surface area contributed by atoms with Crippen molar-refractivity contribution >= 4 is 78.3 Å². The van der Waals surface area contributed by atoms with E-state index in [1.807, 2.05) is 32.9 Å². The number of aryl methyl sites for hydroxylation is 4. The van der Waals surface area contributed by atoms with E-state index < -0.39 is 12.2 Å². The smallest absolute Gasteiger partial charge is 0.191 e. The Morgan fingerprint density at radius 1 is 0.675 bits per heavy atom. The van der Waals surface area contributed by atoms with E-state index >= 15 is 0 Å². The van der Waals surface area contributed by atoms with Crippen molar-refractivity contribution in [1.29, 1.82) is 10.5 Å². The summed E-state index contributed by atoms with van der Waals surface area (Å²) < 4.78 is 31.0. The van der Waals surface area contributed by atoms with Gasteiger partial charge in [0.05, 0.1) is 65.1 Å². The number of halogens is 3. The highest BCUT2D eigenvalue weighted by Crippen LogP contribution is 2.45. The zero-order chi connectivity index (χ0) is 58.9. The fraction of sp³-hybridized carbons (Fsp3) is 0.433. The van der Waals surface area contributed by atoms with Crippen molar-refractivity contribution in [2.45, 2.75) is 65.6 Å². The van der Waals surface area contributed by atoms with Crippen LogP contribution < -0.4 is 24.9 Å². The molecule has 4 saturated heterocycles. The molecule has 0 saturated carbocycles. The highest BCUT2D eigenvalue weighted by Gasteiger charge is 2.48. The number of benzene rings is 2. The number of nitrogens with zero attached hydrogens (tertiary/aromatic N) is 13. The van der Waals surface area contributed by atoms with Crippen LogP contribution in [0.1, 0.15) is 59.2 Å². The molecule has 0 radical (unpaired) electrons. The molecule has 0 amide bonds. The third kappa shape index (κ3) is 12.0. The molecule has 4 fully saturated rings. The van der Waals surface area contributed by atoms with E-state index in [0.717, 1.165) is 128 Å². The summed E-state index contributed by atoms with van der Waals surface area (Å²) in [5, 5.41) is 69.6. The van der Waals surface area contributed by atoms with Crippen molar-refractivity contribution in [3.8, 4) is 34.7 Å². The van der Waals surface area contributed by atoms with Gasteiger partial charge in [-0.1, -0.05) is 36.5 Å². The fourth-order valence-corrected chi connectivity index (χ4v) is 13.7. The lowest BCUT2D eigenvalue weighted by molar-refractivity contribution is -0.0268. The quantitative estimate of drug-likeness (QED) is 0.0609. The Morgan fingerprint density at radius 2 is 1.11 bits per heavy atom. The van der Waals surface area contributed by atoms with Gasteiger partial charge in [-0.15, -0.1) is 11.6 Å². The van der Waals surface area contributed by atoms with Gasteiger partial charge >= 0.3 is 0 Å². The van der Waals surface area contributed by atoms with Gasteiger partial charge in [0, 0.05) is 118 Å². The number of pyridine rings is 2. The van der Waals surface area contributed by atoms with E-state index in [2.05, 4.69) is 84.1 Å². The van der Waals surface area contributed by atoms with Crippen molar-refractivity contribution in [3.05, 3.63) is 117 Å². The maximum absolute atomic E-state index is 13.5. The molecule has 0 aliphatic carbocycles. The Kier molecular flexibility index (Phi) is 17.7. The van der Waals surface area contributed by atoms with Crippen LogP contribution in [-0.4, -0.2) is 159 Å². The maximum Gasteiger partial charge on any atom is 0.191 e. The molecule has 10 heterocycles. The number of likely N-dealkylation sites (tertiary alicyclic amines) is 1. The van der Waals surface area contributed by atoms with Crippen LogP contribution in [0.15, 0.2) is 72.8 Å². The highest BCUT2D eigenvalue weighted by molar-refractivity contribution is 7.17. The second kappa shape index (κ2) is 24.8. The standard InChI is InChI=1S/C30H34FN7O2S.C27H28FN7S.C3H7ClO2/c1-4-24-28(35(3)29-33-27(26(13-32)41-29)20-5-7-21(31)8-6-20)25-12-22(11-19(2)38(25)34-24)37-10-9-30(18-37)16-36(17-30)14-23(40)15-39;1-4-21-25(33(3)26-31-24(23(13-29)36-26)18-5-7-19(28)8-6-18)22-12-20(11-17(2)35(22)32-21)34-10-9-27(16-34)14-30-15-27;4-1-3(6)2-5/h5-8,11-12,23,39-40H,4,9-10,14-18H2,1-3H3;5-8,11-12,30H,4,9-10,14-16H2,1-3H3;3,5-6H,1-2H2. The zero-order valence-electron chi connectivity index (χ0n) is 47.4. The molecule has 2 unspecified atom stereocenters. The van der Waals surface area contributed by atoms with E-state index in [9.17, 15) is 29.5 Å². The predicted molar refractivity (Wildman–Crippen MR) is 324 cm³/mol. The molecule has 2 aromatic carbocycles. The first kappa shape index (κ1) is 59.3. The molecule has 83 heavy (non-hydrogen) atoms. The molecular formula is C60H69ClF2N14O4S2. The molecule has 8 aromatic rings. The van der Waals surface area contributed by atoms with Gasteiger partial charge in [0.2, 0.25) is 0 Å². The van der Waals surface area contributed by atoms with Crippen molar-refractivity contribution in [1.82, 2.24) is 39.4 Å². The van der Waals surface area contributed by atoms with E-state index in [1.54, 1.807) is 24.3 Å². The molecule has 23 heteroatoms. The molecule has 2 atom stereocenters. The van der Waals surface area contributed by atoms with E-state index in [0.29, 0.717) is 48.9 Å². The Balaban J connectivity index is 0.000000170. The van der Waals surface area contributed by atoms with Crippen LogP contribution in [0.3, 0.4) is 0 Å². The predicted octanol–water partition coefficient (Wildman–Crippen LogP) is 8.46. The SMILES string of the molecule is CCc1nn2c(C)cc(N3CCC4(CN(CC(O)CO)C4)C3)cc2c1N(C)c1nc(-c2ccc(F)cc2)c(C#N)s1.CCc1nn2c(C)cc(N3CCC4(CNC4)C3)cc2c1N(C)c1nc(-c2ccc(F)cc2)c(C#N)s1.OCC(O)CCl. The summed E-state index contributed by atoms with van der Waals surface area (Å²) in [6, 6.07) is 25.6. The number of nitriles is 2. The lowest BCUT2D eigenvalue weighted by atomic mass is 9.79. The average Bonchev–Trinajstić information content (AvgIpc) is 4.56. The first-order chi connectivity index (χ1) is 40.0. The average molecular weight is 1190 g/mol. The monoisotopic (exact) mass is 1190 g/mol. The third-order valence-electron chi connectivity index (χ3n) is 16.3.